The zero-order valence-electron chi connectivity index (χ0n) is 8.46. The largest absolute Gasteiger partial charge is 0.244 e. The van der Waals surface area contributed by atoms with E-state index in [9.17, 15) is 0 Å². The minimum absolute atomic E-state index is 0.605. The van der Waals surface area contributed by atoms with Gasteiger partial charge in [0, 0.05) is 23.8 Å². The minimum atomic E-state index is 0.605. The van der Waals surface area contributed by atoms with Crippen molar-refractivity contribution in [2.75, 3.05) is 0 Å². The Labute approximate surface area is 92.8 Å². The lowest BCUT2D eigenvalue weighted by molar-refractivity contribution is 1.15. The van der Waals surface area contributed by atoms with Crippen LogP contribution < -0.4 is 0 Å². The molecule has 0 atom stereocenters. The first kappa shape index (κ1) is 8.97. The van der Waals surface area contributed by atoms with Gasteiger partial charge in [-0.2, -0.15) is 0 Å². The number of pyridine rings is 1. The zero-order valence-corrected chi connectivity index (χ0v) is 8.46. The Kier molecular flexibility index (Phi) is 2.07. The molecule has 2 aromatic heterocycles. The Balaban J connectivity index is 2.19. The third kappa shape index (κ3) is 1.52. The summed E-state index contributed by atoms with van der Waals surface area (Å²) in [6.45, 7) is 0. The minimum Gasteiger partial charge on any atom is -0.244 e. The van der Waals surface area contributed by atoms with Crippen LogP contribution >= 0.6 is 0 Å². The van der Waals surface area contributed by atoms with E-state index in [-0.39, 0.29) is 0 Å². The molecule has 3 heteroatoms. The van der Waals surface area contributed by atoms with Crippen LogP contribution in [0.2, 0.25) is 0 Å². The normalized spacial score (nSPS) is 10.5. The summed E-state index contributed by atoms with van der Waals surface area (Å²) < 4.78 is 0. The van der Waals surface area contributed by atoms with E-state index in [1.165, 1.54) is 0 Å². The van der Waals surface area contributed by atoms with Crippen molar-refractivity contribution >= 4 is 10.9 Å². The molecule has 1 aromatic carbocycles. The smallest absolute Gasteiger partial charge is 0.178 e. The first-order chi connectivity index (χ1) is 7.93. The van der Waals surface area contributed by atoms with Gasteiger partial charge in [-0.15, -0.1) is 0 Å². The van der Waals surface area contributed by atoms with E-state index in [1.54, 1.807) is 18.5 Å². The van der Waals surface area contributed by atoms with E-state index in [2.05, 4.69) is 21.0 Å². The highest BCUT2D eigenvalue weighted by atomic mass is 14.9. The standard InChI is InChI=1S/C13H8N3/c1-2-5-11-10(4-1)6-7-12(16-11)13-14-8-3-9-15-13/h1-6,8-9H. The van der Waals surface area contributed by atoms with Crippen molar-refractivity contribution in [2.45, 2.75) is 0 Å². The van der Waals surface area contributed by atoms with Crippen molar-refractivity contribution in [1.82, 2.24) is 15.0 Å². The molecule has 0 bridgehead atoms. The van der Waals surface area contributed by atoms with E-state index >= 15 is 0 Å². The molecular weight excluding hydrogens is 198 g/mol. The van der Waals surface area contributed by atoms with Crippen molar-refractivity contribution in [3.63, 3.8) is 0 Å². The molecule has 0 unspecified atom stereocenters. The maximum absolute atomic E-state index is 4.46. The molecule has 0 saturated carbocycles. The van der Waals surface area contributed by atoms with Crippen LogP contribution in [0.4, 0.5) is 0 Å². The third-order valence-corrected chi connectivity index (χ3v) is 2.31. The van der Waals surface area contributed by atoms with Crippen LogP contribution in [0, 0.1) is 6.07 Å². The van der Waals surface area contributed by atoms with Gasteiger partial charge >= 0.3 is 0 Å². The molecule has 16 heavy (non-hydrogen) atoms. The van der Waals surface area contributed by atoms with Gasteiger partial charge in [0.25, 0.3) is 0 Å². The second-order valence-corrected chi connectivity index (χ2v) is 3.38. The Hall–Kier alpha value is -2.29. The van der Waals surface area contributed by atoms with Crippen LogP contribution in [0.5, 0.6) is 0 Å². The van der Waals surface area contributed by atoms with Crippen LogP contribution in [0.1, 0.15) is 0 Å². The summed E-state index contributed by atoms with van der Waals surface area (Å²) in [5.41, 5.74) is 1.61. The van der Waals surface area contributed by atoms with Crippen LogP contribution in [0.15, 0.2) is 48.8 Å². The molecule has 75 valence electrons. The summed E-state index contributed by atoms with van der Waals surface area (Å²) in [4.78, 5) is 12.8. The van der Waals surface area contributed by atoms with Gasteiger partial charge in [0.1, 0.15) is 5.69 Å². The highest BCUT2D eigenvalue weighted by Crippen LogP contribution is 2.16. The maximum Gasteiger partial charge on any atom is 0.178 e. The van der Waals surface area contributed by atoms with E-state index in [0.717, 1.165) is 10.9 Å². The van der Waals surface area contributed by atoms with E-state index in [4.69, 9.17) is 0 Å². The molecule has 1 radical (unpaired) electrons. The number of hydrogen-bond donors (Lipinski definition) is 0. The van der Waals surface area contributed by atoms with E-state index in [1.807, 2.05) is 30.3 Å². The van der Waals surface area contributed by atoms with Gasteiger partial charge in [0.2, 0.25) is 0 Å². The fourth-order valence-electron chi connectivity index (χ4n) is 1.55. The fourth-order valence-corrected chi connectivity index (χ4v) is 1.55. The molecule has 0 aliphatic heterocycles. The monoisotopic (exact) mass is 206 g/mol. The quantitative estimate of drug-likeness (QED) is 0.614. The summed E-state index contributed by atoms with van der Waals surface area (Å²) >= 11 is 0. The zero-order chi connectivity index (χ0) is 10.8. The Morgan fingerprint density at radius 1 is 0.938 bits per heavy atom. The predicted octanol–water partition coefficient (Wildman–Crippen LogP) is 2.49. The third-order valence-electron chi connectivity index (χ3n) is 2.31. The summed E-state index contributed by atoms with van der Waals surface area (Å²) in [6, 6.07) is 14.7. The van der Waals surface area contributed by atoms with Crippen molar-refractivity contribution in [3.05, 3.63) is 54.9 Å². The molecule has 0 amide bonds. The second kappa shape index (κ2) is 3.70. The van der Waals surface area contributed by atoms with Crippen molar-refractivity contribution in [2.24, 2.45) is 0 Å². The Morgan fingerprint density at radius 3 is 2.62 bits per heavy atom. The number of fused-ring (bicyclic) bond motifs is 1. The average molecular weight is 206 g/mol. The topological polar surface area (TPSA) is 38.7 Å². The van der Waals surface area contributed by atoms with Crippen LogP contribution in [-0.4, -0.2) is 15.0 Å². The second-order valence-electron chi connectivity index (χ2n) is 3.38. The number of benzene rings is 1. The molecule has 0 N–H and O–H groups in total. The first-order valence-electron chi connectivity index (χ1n) is 4.98. The van der Waals surface area contributed by atoms with Gasteiger partial charge in [-0.25, -0.2) is 15.0 Å². The molecule has 0 saturated heterocycles. The summed E-state index contributed by atoms with van der Waals surface area (Å²) in [5, 5.41) is 1.07. The van der Waals surface area contributed by atoms with Gasteiger partial charge in [-0.05, 0) is 18.2 Å². The summed E-state index contributed by atoms with van der Waals surface area (Å²) in [6.07, 6.45) is 3.40. The number of para-hydroxylation sites is 1. The van der Waals surface area contributed by atoms with Gasteiger partial charge in [-0.3, -0.25) is 0 Å². The van der Waals surface area contributed by atoms with Crippen molar-refractivity contribution < 1.29 is 0 Å². The van der Waals surface area contributed by atoms with Crippen LogP contribution in [0.3, 0.4) is 0 Å². The van der Waals surface area contributed by atoms with Gasteiger partial charge in [-0.1, -0.05) is 18.2 Å². The van der Waals surface area contributed by atoms with Crippen LogP contribution in [0.25, 0.3) is 22.4 Å². The van der Waals surface area contributed by atoms with Crippen molar-refractivity contribution in [1.29, 1.82) is 0 Å². The average Bonchev–Trinajstić information content (AvgIpc) is 2.39. The van der Waals surface area contributed by atoms with Gasteiger partial charge in [0.05, 0.1) is 5.52 Å². The maximum atomic E-state index is 4.46. The lowest BCUT2D eigenvalue weighted by Gasteiger charge is -2.00. The molecule has 3 nitrogen and oxygen atoms in total. The number of nitrogens with zero attached hydrogens (tertiary/aromatic N) is 3. The number of rotatable bonds is 1. The molecule has 3 aromatic rings. The lowest BCUT2D eigenvalue weighted by Crippen LogP contribution is -1.90. The van der Waals surface area contributed by atoms with Crippen LogP contribution in [-0.2, 0) is 0 Å². The molecular formula is C13H8N3. The predicted molar refractivity (Wildman–Crippen MR) is 61.6 cm³/mol. The first-order valence-corrected chi connectivity index (χ1v) is 4.98. The van der Waals surface area contributed by atoms with E-state index in [0.29, 0.717) is 11.5 Å². The molecule has 0 aliphatic rings. The molecule has 3 rings (SSSR count). The molecule has 0 spiro atoms. The number of aromatic nitrogens is 3. The Bertz CT molecular complexity index is 620. The lowest BCUT2D eigenvalue weighted by atomic mass is 10.2. The SMILES string of the molecule is [c]1cc2ccccc2nc1-c1ncccn1. The highest BCUT2D eigenvalue weighted by Gasteiger charge is 2.02. The highest BCUT2D eigenvalue weighted by molar-refractivity contribution is 5.80. The van der Waals surface area contributed by atoms with Crippen molar-refractivity contribution in [3.8, 4) is 11.5 Å². The summed E-state index contributed by atoms with van der Waals surface area (Å²) in [5.74, 6) is 0.605. The van der Waals surface area contributed by atoms with E-state index < -0.39 is 0 Å². The number of hydrogen-bond acceptors (Lipinski definition) is 3. The molecule has 0 aliphatic carbocycles. The summed E-state index contributed by atoms with van der Waals surface area (Å²) in [7, 11) is 0. The van der Waals surface area contributed by atoms with Gasteiger partial charge in [0.15, 0.2) is 5.82 Å². The molecule has 0 fully saturated rings. The van der Waals surface area contributed by atoms with Gasteiger partial charge < -0.3 is 0 Å². The fraction of sp³-hybridized carbons (Fsp3) is 0. The molecule has 2 heterocycles. The Morgan fingerprint density at radius 2 is 1.75 bits per heavy atom.